The first kappa shape index (κ1) is 12.0. The van der Waals surface area contributed by atoms with Crippen LogP contribution >= 0.6 is 0 Å². The number of carbonyl (C=O) groups excluding carboxylic acids is 1. The Morgan fingerprint density at radius 1 is 0.947 bits per heavy atom. The van der Waals surface area contributed by atoms with Crippen molar-refractivity contribution < 1.29 is 4.79 Å². The molecule has 19 heavy (non-hydrogen) atoms. The van der Waals surface area contributed by atoms with Crippen LogP contribution in [0.5, 0.6) is 0 Å². The number of amides is 1. The smallest absolute Gasteiger partial charge is 0.241 e. The zero-order chi connectivity index (χ0) is 13.6. The van der Waals surface area contributed by atoms with Gasteiger partial charge in [-0.2, -0.15) is 0 Å². The molecular weight excluding hydrogens is 234 g/mol. The number of anilines is 1. The summed E-state index contributed by atoms with van der Waals surface area (Å²) in [6, 6.07) is 16.2. The van der Waals surface area contributed by atoms with E-state index < -0.39 is 5.41 Å². The third-order valence-electron chi connectivity index (χ3n) is 4.22. The van der Waals surface area contributed by atoms with Crippen LogP contribution in [0.25, 0.3) is 0 Å². The van der Waals surface area contributed by atoms with Gasteiger partial charge in [-0.05, 0) is 36.6 Å². The first-order chi connectivity index (χ1) is 9.06. The van der Waals surface area contributed by atoms with Crippen molar-refractivity contribution in [3.63, 3.8) is 0 Å². The molecule has 2 aromatic rings. The van der Waals surface area contributed by atoms with Gasteiger partial charge >= 0.3 is 0 Å². The van der Waals surface area contributed by atoms with Gasteiger partial charge in [0, 0.05) is 12.7 Å². The van der Waals surface area contributed by atoms with E-state index in [-0.39, 0.29) is 5.91 Å². The van der Waals surface area contributed by atoms with Crippen LogP contribution in [-0.4, -0.2) is 13.0 Å². The minimum Gasteiger partial charge on any atom is -0.314 e. The number of nitrogens with zero attached hydrogens (tertiary/aromatic N) is 1. The van der Waals surface area contributed by atoms with Crippen LogP contribution in [0, 0.1) is 6.92 Å². The molecule has 1 unspecified atom stereocenters. The van der Waals surface area contributed by atoms with Crippen LogP contribution in [-0.2, 0) is 10.2 Å². The first-order valence-corrected chi connectivity index (χ1v) is 6.50. The number of fused-ring (bicyclic) bond motifs is 1. The van der Waals surface area contributed by atoms with E-state index in [0.29, 0.717) is 0 Å². The summed E-state index contributed by atoms with van der Waals surface area (Å²) in [5.41, 5.74) is 3.78. The monoisotopic (exact) mass is 251 g/mol. The molecule has 0 radical (unpaired) electrons. The highest BCUT2D eigenvalue weighted by atomic mass is 16.2. The molecule has 1 atom stereocenters. The lowest BCUT2D eigenvalue weighted by Gasteiger charge is -2.25. The van der Waals surface area contributed by atoms with Crippen LogP contribution in [0.2, 0.25) is 0 Å². The largest absolute Gasteiger partial charge is 0.314 e. The lowest BCUT2D eigenvalue weighted by molar-refractivity contribution is -0.121. The lowest BCUT2D eigenvalue weighted by Crippen LogP contribution is -2.37. The second kappa shape index (κ2) is 3.95. The van der Waals surface area contributed by atoms with Crippen molar-refractivity contribution in [1.29, 1.82) is 0 Å². The molecule has 2 aromatic carbocycles. The number of hydrogen-bond acceptors (Lipinski definition) is 1. The number of carbonyl (C=O) groups is 1. The van der Waals surface area contributed by atoms with Gasteiger partial charge in [0.15, 0.2) is 0 Å². The summed E-state index contributed by atoms with van der Waals surface area (Å²) >= 11 is 0. The van der Waals surface area contributed by atoms with Gasteiger partial charge in [-0.25, -0.2) is 0 Å². The molecule has 0 aromatic heterocycles. The Morgan fingerprint density at radius 3 is 2.21 bits per heavy atom. The van der Waals surface area contributed by atoms with Crippen molar-refractivity contribution in [3.8, 4) is 0 Å². The van der Waals surface area contributed by atoms with Crippen molar-refractivity contribution >= 4 is 11.6 Å². The van der Waals surface area contributed by atoms with Gasteiger partial charge in [0.1, 0.15) is 0 Å². The van der Waals surface area contributed by atoms with Crippen molar-refractivity contribution in [2.24, 2.45) is 0 Å². The van der Waals surface area contributed by atoms with Crippen molar-refractivity contribution in [2.75, 3.05) is 11.9 Å². The van der Waals surface area contributed by atoms with Gasteiger partial charge in [0.05, 0.1) is 5.41 Å². The third-order valence-corrected chi connectivity index (χ3v) is 4.22. The zero-order valence-electron chi connectivity index (χ0n) is 11.5. The summed E-state index contributed by atoms with van der Waals surface area (Å²) < 4.78 is 0. The van der Waals surface area contributed by atoms with Crippen LogP contribution in [0.4, 0.5) is 5.69 Å². The molecule has 0 N–H and O–H groups in total. The molecule has 0 aliphatic carbocycles. The second-order valence-corrected chi connectivity index (χ2v) is 5.32. The van der Waals surface area contributed by atoms with Crippen molar-refractivity contribution in [2.45, 2.75) is 19.3 Å². The summed E-state index contributed by atoms with van der Waals surface area (Å²) in [6.07, 6.45) is 0. The first-order valence-electron chi connectivity index (χ1n) is 6.50. The molecule has 0 spiro atoms. The van der Waals surface area contributed by atoms with Gasteiger partial charge in [0.25, 0.3) is 0 Å². The molecule has 0 saturated heterocycles. The third kappa shape index (κ3) is 1.46. The fourth-order valence-corrected chi connectivity index (χ4v) is 3.14. The highest BCUT2D eigenvalue weighted by Gasteiger charge is 2.47. The lowest BCUT2D eigenvalue weighted by atomic mass is 9.75. The SMILES string of the molecule is Cc1ccccc1C1(C)C(=O)N(C)c2ccccc21. The predicted molar refractivity (Wildman–Crippen MR) is 77.5 cm³/mol. The number of aryl methyl sites for hydroxylation is 1. The van der Waals surface area contributed by atoms with E-state index in [1.807, 2.05) is 44.3 Å². The molecule has 1 aliphatic heterocycles. The van der Waals surface area contributed by atoms with E-state index in [9.17, 15) is 4.79 Å². The van der Waals surface area contributed by atoms with Crippen LogP contribution in [0.1, 0.15) is 23.6 Å². The quantitative estimate of drug-likeness (QED) is 0.761. The Balaban J connectivity index is 2.31. The summed E-state index contributed by atoms with van der Waals surface area (Å²) in [5, 5.41) is 0. The van der Waals surface area contributed by atoms with Gasteiger partial charge in [-0.15, -0.1) is 0 Å². The average molecular weight is 251 g/mol. The molecule has 3 rings (SSSR count). The van der Waals surface area contributed by atoms with Gasteiger partial charge in [-0.3, -0.25) is 4.79 Å². The Kier molecular flexibility index (Phi) is 2.49. The van der Waals surface area contributed by atoms with Crippen molar-refractivity contribution in [1.82, 2.24) is 0 Å². The number of para-hydroxylation sites is 1. The maximum atomic E-state index is 12.8. The van der Waals surface area contributed by atoms with Crippen LogP contribution < -0.4 is 4.90 Å². The number of benzene rings is 2. The maximum absolute atomic E-state index is 12.8. The summed E-state index contributed by atoms with van der Waals surface area (Å²) in [6.45, 7) is 4.09. The molecule has 1 heterocycles. The predicted octanol–water partition coefficient (Wildman–Crippen LogP) is 3.28. The highest BCUT2D eigenvalue weighted by molar-refractivity contribution is 6.09. The average Bonchev–Trinajstić information content (AvgIpc) is 2.63. The van der Waals surface area contributed by atoms with E-state index >= 15 is 0 Å². The Morgan fingerprint density at radius 2 is 1.53 bits per heavy atom. The zero-order valence-corrected chi connectivity index (χ0v) is 11.5. The standard InChI is InChI=1S/C17H17NO/c1-12-8-4-5-9-13(12)17(2)14-10-6-7-11-15(14)18(3)16(17)19/h4-11H,1-3H3. The summed E-state index contributed by atoms with van der Waals surface area (Å²) in [4.78, 5) is 14.5. The molecule has 0 saturated carbocycles. The Labute approximate surface area is 113 Å². The maximum Gasteiger partial charge on any atom is 0.241 e. The van der Waals surface area contributed by atoms with Gasteiger partial charge in [-0.1, -0.05) is 42.5 Å². The van der Waals surface area contributed by atoms with E-state index in [2.05, 4.69) is 25.1 Å². The summed E-state index contributed by atoms with van der Waals surface area (Å²) in [7, 11) is 1.85. The van der Waals surface area contributed by atoms with E-state index in [1.165, 1.54) is 0 Å². The summed E-state index contributed by atoms with van der Waals surface area (Å²) in [5.74, 6) is 0.142. The van der Waals surface area contributed by atoms with Crippen molar-refractivity contribution in [3.05, 3.63) is 65.2 Å². The minimum atomic E-state index is -0.573. The van der Waals surface area contributed by atoms with E-state index in [0.717, 1.165) is 22.4 Å². The highest BCUT2D eigenvalue weighted by Crippen LogP contribution is 2.45. The molecule has 0 bridgehead atoms. The molecule has 0 fully saturated rings. The second-order valence-electron chi connectivity index (χ2n) is 5.32. The van der Waals surface area contributed by atoms with Crippen LogP contribution in [0.3, 0.4) is 0 Å². The molecular formula is C17H17NO. The molecule has 2 nitrogen and oxygen atoms in total. The molecule has 1 amide bonds. The Bertz CT molecular complexity index is 662. The fourth-order valence-electron chi connectivity index (χ4n) is 3.14. The number of likely N-dealkylation sites (N-methyl/N-ethyl adjacent to an activating group) is 1. The van der Waals surface area contributed by atoms with E-state index in [1.54, 1.807) is 4.90 Å². The molecule has 96 valence electrons. The number of hydrogen-bond donors (Lipinski definition) is 0. The Hall–Kier alpha value is -2.09. The van der Waals surface area contributed by atoms with Gasteiger partial charge in [0.2, 0.25) is 5.91 Å². The van der Waals surface area contributed by atoms with Crippen LogP contribution in [0.15, 0.2) is 48.5 Å². The topological polar surface area (TPSA) is 20.3 Å². The molecule has 2 heteroatoms. The molecule has 1 aliphatic rings. The fraction of sp³-hybridized carbons (Fsp3) is 0.235. The minimum absolute atomic E-state index is 0.142. The normalized spacial score (nSPS) is 21.6. The van der Waals surface area contributed by atoms with E-state index in [4.69, 9.17) is 0 Å². The number of rotatable bonds is 1. The van der Waals surface area contributed by atoms with Gasteiger partial charge < -0.3 is 4.90 Å².